The largest absolute Gasteiger partial charge is 0.493 e. The number of methoxy groups -OCH3 is 1. The third-order valence-electron chi connectivity index (χ3n) is 2.47. The van der Waals surface area contributed by atoms with Gasteiger partial charge < -0.3 is 14.6 Å². The summed E-state index contributed by atoms with van der Waals surface area (Å²) in [5.41, 5.74) is 0.810. The molecule has 0 aliphatic rings. The van der Waals surface area contributed by atoms with Gasteiger partial charge in [0.2, 0.25) is 0 Å². The fraction of sp³-hybridized carbons (Fsp3) is 0.429. The Bertz CT molecular complexity index is 404. The van der Waals surface area contributed by atoms with Gasteiger partial charge in [0.1, 0.15) is 6.61 Å². The highest BCUT2D eigenvalue weighted by atomic mass is 16.5. The molecular weight excluding hydrogens is 216 g/mol. The Hall–Kier alpha value is -1.66. The molecule has 1 rings (SSSR count). The number of aliphatic hydroxyl groups excluding tert-OH is 1. The molecule has 0 bridgehead atoms. The molecule has 1 atom stereocenters. The van der Waals surface area contributed by atoms with Crippen LogP contribution in [-0.4, -0.2) is 18.8 Å². The predicted octanol–water partition coefficient (Wildman–Crippen LogP) is 2.40. The van der Waals surface area contributed by atoms with E-state index in [2.05, 4.69) is 5.92 Å². The van der Waals surface area contributed by atoms with Gasteiger partial charge in [-0.3, -0.25) is 0 Å². The molecule has 1 aromatic rings. The first-order valence-corrected chi connectivity index (χ1v) is 5.52. The average molecular weight is 234 g/mol. The van der Waals surface area contributed by atoms with Crippen molar-refractivity contribution < 1.29 is 14.6 Å². The third-order valence-corrected chi connectivity index (χ3v) is 2.47. The minimum atomic E-state index is -0.509. The molecule has 0 saturated carbocycles. The van der Waals surface area contributed by atoms with Gasteiger partial charge in [0.25, 0.3) is 0 Å². The van der Waals surface area contributed by atoms with Gasteiger partial charge in [0, 0.05) is 0 Å². The zero-order valence-electron chi connectivity index (χ0n) is 10.4. The Kier molecular flexibility index (Phi) is 4.86. The van der Waals surface area contributed by atoms with E-state index in [4.69, 9.17) is 15.9 Å². The van der Waals surface area contributed by atoms with E-state index < -0.39 is 6.10 Å². The van der Waals surface area contributed by atoms with E-state index >= 15 is 0 Å². The minimum Gasteiger partial charge on any atom is -0.493 e. The van der Waals surface area contributed by atoms with E-state index in [0.717, 1.165) is 5.56 Å². The highest BCUT2D eigenvalue weighted by Gasteiger charge is 2.14. The van der Waals surface area contributed by atoms with E-state index in [1.165, 1.54) is 0 Å². The third kappa shape index (κ3) is 3.40. The average Bonchev–Trinajstić information content (AvgIpc) is 2.35. The van der Waals surface area contributed by atoms with Gasteiger partial charge in [-0.15, -0.1) is 6.42 Å². The number of rotatable bonds is 5. The van der Waals surface area contributed by atoms with Crippen molar-refractivity contribution in [2.75, 3.05) is 13.7 Å². The molecular formula is C14H18O3. The van der Waals surface area contributed by atoms with E-state index in [9.17, 15) is 5.11 Å². The van der Waals surface area contributed by atoms with Crippen LogP contribution in [0, 0.1) is 18.3 Å². The van der Waals surface area contributed by atoms with E-state index in [1.807, 2.05) is 19.9 Å². The summed E-state index contributed by atoms with van der Waals surface area (Å²) in [6, 6.07) is 5.35. The molecule has 17 heavy (non-hydrogen) atoms. The second-order valence-corrected chi connectivity index (χ2v) is 4.09. The molecule has 92 valence electrons. The summed E-state index contributed by atoms with van der Waals surface area (Å²) in [5.74, 6) is 3.72. The molecule has 3 nitrogen and oxygen atoms in total. The Balaban J connectivity index is 2.96. The van der Waals surface area contributed by atoms with Crippen molar-refractivity contribution >= 4 is 0 Å². The van der Waals surface area contributed by atoms with Crippen molar-refractivity contribution in [3.05, 3.63) is 23.8 Å². The van der Waals surface area contributed by atoms with Crippen LogP contribution in [0.25, 0.3) is 0 Å². The first kappa shape index (κ1) is 13.4. The van der Waals surface area contributed by atoms with Crippen LogP contribution in [0.5, 0.6) is 11.5 Å². The molecule has 1 aromatic carbocycles. The van der Waals surface area contributed by atoms with Crippen LogP contribution in [-0.2, 0) is 0 Å². The van der Waals surface area contributed by atoms with Gasteiger partial charge in [0.05, 0.1) is 13.2 Å². The lowest BCUT2D eigenvalue weighted by Gasteiger charge is -2.17. The number of benzene rings is 1. The van der Waals surface area contributed by atoms with Crippen molar-refractivity contribution in [3.63, 3.8) is 0 Å². The molecule has 0 saturated heterocycles. The maximum Gasteiger partial charge on any atom is 0.162 e. The molecule has 0 radical (unpaired) electrons. The lowest BCUT2D eigenvalue weighted by Crippen LogP contribution is -2.06. The van der Waals surface area contributed by atoms with Gasteiger partial charge in [-0.2, -0.15) is 0 Å². The number of terminal acetylenes is 1. The molecule has 0 amide bonds. The summed E-state index contributed by atoms with van der Waals surface area (Å²) in [4.78, 5) is 0. The second kappa shape index (κ2) is 6.17. The summed E-state index contributed by atoms with van der Waals surface area (Å²) in [7, 11) is 1.56. The van der Waals surface area contributed by atoms with Crippen LogP contribution in [0.4, 0.5) is 0 Å². The molecule has 1 unspecified atom stereocenters. The second-order valence-electron chi connectivity index (χ2n) is 4.09. The molecule has 0 fully saturated rings. The fourth-order valence-corrected chi connectivity index (χ4v) is 1.49. The number of ether oxygens (including phenoxy) is 2. The quantitative estimate of drug-likeness (QED) is 0.795. The standard InChI is InChI=1S/C14H18O3/c1-5-8-17-12-7-6-11(9-13(12)16-4)14(15)10(2)3/h1,6-7,9-10,14-15H,8H2,2-4H3. The van der Waals surface area contributed by atoms with Gasteiger partial charge in [-0.1, -0.05) is 25.8 Å². The van der Waals surface area contributed by atoms with Crippen molar-refractivity contribution in [1.82, 2.24) is 0 Å². The van der Waals surface area contributed by atoms with Crippen LogP contribution in [0.2, 0.25) is 0 Å². The van der Waals surface area contributed by atoms with E-state index in [1.54, 1.807) is 19.2 Å². The number of aliphatic hydroxyl groups is 1. The highest BCUT2D eigenvalue weighted by Crippen LogP contribution is 2.32. The summed E-state index contributed by atoms with van der Waals surface area (Å²) in [6.45, 7) is 4.11. The summed E-state index contributed by atoms with van der Waals surface area (Å²) >= 11 is 0. The first-order valence-electron chi connectivity index (χ1n) is 5.52. The van der Waals surface area contributed by atoms with Crippen molar-refractivity contribution in [3.8, 4) is 23.8 Å². The van der Waals surface area contributed by atoms with Gasteiger partial charge >= 0.3 is 0 Å². The van der Waals surface area contributed by atoms with Crippen LogP contribution < -0.4 is 9.47 Å². The minimum absolute atomic E-state index is 0.150. The summed E-state index contributed by atoms with van der Waals surface area (Å²) < 4.78 is 10.5. The van der Waals surface area contributed by atoms with Gasteiger partial charge in [0.15, 0.2) is 11.5 Å². The molecule has 0 aliphatic carbocycles. The smallest absolute Gasteiger partial charge is 0.162 e. The summed E-state index contributed by atoms with van der Waals surface area (Å²) in [6.07, 6.45) is 4.62. The normalized spacial score (nSPS) is 12.0. The SMILES string of the molecule is C#CCOc1ccc(C(O)C(C)C)cc1OC. The Labute approximate surface area is 102 Å². The summed E-state index contributed by atoms with van der Waals surface area (Å²) in [5, 5.41) is 9.96. The maximum atomic E-state index is 9.96. The Morgan fingerprint density at radius 2 is 2.06 bits per heavy atom. The lowest BCUT2D eigenvalue weighted by atomic mass is 9.99. The zero-order chi connectivity index (χ0) is 12.8. The van der Waals surface area contributed by atoms with Crippen molar-refractivity contribution in [1.29, 1.82) is 0 Å². The Morgan fingerprint density at radius 3 is 2.59 bits per heavy atom. The maximum absolute atomic E-state index is 9.96. The van der Waals surface area contributed by atoms with Crippen LogP contribution >= 0.6 is 0 Å². The van der Waals surface area contributed by atoms with Gasteiger partial charge in [-0.05, 0) is 23.6 Å². The lowest BCUT2D eigenvalue weighted by molar-refractivity contribution is 0.126. The van der Waals surface area contributed by atoms with Crippen molar-refractivity contribution in [2.24, 2.45) is 5.92 Å². The van der Waals surface area contributed by atoms with E-state index in [0.29, 0.717) is 11.5 Å². The van der Waals surface area contributed by atoms with Crippen LogP contribution in [0.1, 0.15) is 25.5 Å². The van der Waals surface area contributed by atoms with Crippen LogP contribution in [0.15, 0.2) is 18.2 Å². The molecule has 0 spiro atoms. The predicted molar refractivity (Wildman–Crippen MR) is 67.1 cm³/mol. The monoisotopic (exact) mass is 234 g/mol. The number of hydrogen-bond acceptors (Lipinski definition) is 3. The molecule has 3 heteroatoms. The topological polar surface area (TPSA) is 38.7 Å². The van der Waals surface area contributed by atoms with Gasteiger partial charge in [-0.25, -0.2) is 0 Å². The molecule has 0 aliphatic heterocycles. The van der Waals surface area contributed by atoms with Crippen molar-refractivity contribution in [2.45, 2.75) is 20.0 Å². The fourth-order valence-electron chi connectivity index (χ4n) is 1.49. The highest BCUT2D eigenvalue weighted by molar-refractivity contribution is 5.43. The molecule has 0 heterocycles. The van der Waals surface area contributed by atoms with Crippen LogP contribution in [0.3, 0.4) is 0 Å². The molecule has 0 aromatic heterocycles. The first-order chi connectivity index (χ1) is 8.10. The number of hydrogen-bond donors (Lipinski definition) is 1. The zero-order valence-corrected chi connectivity index (χ0v) is 10.4. The Morgan fingerprint density at radius 1 is 1.35 bits per heavy atom. The molecule has 1 N–H and O–H groups in total. The van der Waals surface area contributed by atoms with E-state index in [-0.39, 0.29) is 12.5 Å².